The second-order valence-electron chi connectivity index (χ2n) is 5.21. The zero-order valence-corrected chi connectivity index (χ0v) is 14.9. The first-order valence-electron chi connectivity index (χ1n) is 8.14. The molecule has 0 saturated heterocycles. The molecule has 0 atom stereocenters. The number of hydrogen-bond acceptors (Lipinski definition) is 8. The smallest absolute Gasteiger partial charge is 0.340 e. The van der Waals surface area contributed by atoms with Gasteiger partial charge in [-0.25, -0.2) is 9.59 Å². The highest BCUT2D eigenvalue weighted by Gasteiger charge is 2.31. The van der Waals surface area contributed by atoms with Crippen molar-refractivity contribution in [2.75, 3.05) is 13.2 Å². The van der Waals surface area contributed by atoms with E-state index in [2.05, 4.69) is 5.32 Å². The van der Waals surface area contributed by atoms with E-state index in [1.165, 1.54) is 12.1 Å². The van der Waals surface area contributed by atoms with Crippen LogP contribution in [0.3, 0.4) is 0 Å². The molecule has 10 nitrogen and oxygen atoms in total. The number of nitro groups is 1. The highest BCUT2D eigenvalue weighted by Crippen LogP contribution is 2.18. The van der Waals surface area contributed by atoms with Crippen molar-refractivity contribution in [2.45, 2.75) is 32.7 Å². The molecule has 0 unspecified atom stereocenters. The number of nitrogens with zero attached hydrogens (tertiary/aromatic N) is 2. The largest absolute Gasteiger partial charge is 0.464 e. The normalized spacial score (nSPS) is 10.0. The van der Waals surface area contributed by atoms with E-state index in [0.29, 0.717) is 5.56 Å². The Morgan fingerprint density at radius 1 is 1.22 bits per heavy atom. The second kappa shape index (κ2) is 10.5. The molecule has 0 bridgehead atoms. The third-order valence-corrected chi connectivity index (χ3v) is 3.40. The number of benzene rings is 1. The molecule has 0 aliphatic carbocycles. The van der Waals surface area contributed by atoms with Gasteiger partial charge in [-0.15, -0.1) is 0 Å². The fourth-order valence-corrected chi connectivity index (χ4v) is 2.15. The lowest BCUT2D eigenvalue weighted by Gasteiger charge is -2.16. The monoisotopic (exact) mass is 377 g/mol. The molecule has 0 aliphatic heterocycles. The molecule has 0 saturated carbocycles. The molecule has 27 heavy (non-hydrogen) atoms. The molecule has 0 fully saturated rings. The van der Waals surface area contributed by atoms with Crippen molar-refractivity contribution in [3.63, 3.8) is 0 Å². The van der Waals surface area contributed by atoms with Crippen LogP contribution in [0.5, 0.6) is 0 Å². The van der Waals surface area contributed by atoms with Crippen molar-refractivity contribution >= 4 is 23.5 Å². The van der Waals surface area contributed by atoms with E-state index in [9.17, 15) is 24.5 Å². The van der Waals surface area contributed by atoms with Crippen molar-refractivity contribution in [3.05, 3.63) is 39.4 Å². The van der Waals surface area contributed by atoms with Crippen LogP contribution in [0.2, 0.25) is 0 Å². The molecule has 1 rings (SSSR count). The topological polar surface area (TPSA) is 149 Å². The summed E-state index contributed by atoms with van der Waals surface area (Å²) in [6.45, 7) is 3.16. The Balaban J connectivity index is 2.80. The number of rotatable bonds is 9. The van der Waals surface area contributed by atoms with Gasteiger partial charge in [-0.3, -0.25) is 14.9 Å². The van der Waals surface area contributed by atoms with Gasteiger partial charge in [0.1, 0.15) is 0 Å². The van der Waals surface area contributed by atoms with E-state index < -0.39 is 28.8 Å². The zero-order valence-electron chi connectivity index (χ0n) is 14.9. The minimum atomic E-state index is -1.58. The zero-order chi connectivity index (χ0) is 20.4. The quantitative estimate of drug-likeness (QED) is 0.290. The van der Waals surface area contributed by atoms with Crippen molar-refractivity contribution in [2.24, 2.45) is 0 Å². The summed E-state index contributed by atoms with van der Waals surface area (Å²) in [4.78, 5) is 45.9. The third-order valence-electron chi connectivity index (χ3n) is 3.40. The van der Waals surface area contributed by atoms with Gasteiger partial charge in [0, 0.05) is 18.6 Å². The molecule has 0 spiro atoms. The Bertz CT molecular complexity index is 752. The highest BCUT2D eigenvalue weighted by molar-refractivity contribution is 6.02. The van der Waals surface area contributed by atoms with Gasteiger partial charge < -0.3 is 14.8 Å². The maximum absolute atomic E-state index is 12.1. The molecular weight excluding hydrogens is 358 g/mol. The number of nitriles is 1. The lowest BCUT2D eigenvalue weighted by Crippen LogP contribution is -2.48. The van der Waals surface area contributed by atoms with Crippen LogP contribution in [0.15, 0.2) is 18.2 Å². The molecule has 0 aliphatic rings. The Morgan fingerprint density at radius 2 is 1.81 bits per heavy atom. The summed E-state index contributed by atoms with van der Waals surface area (Å²) in [6, 6.07) is 4.00. The minimum Gasteiger partial charge on any atom is -0.464 e. The standard InChI is InChI=1S/C17H19N3O7/c1-3-26-16(22)15(17(23)27-4-2)19-14(21)8-6-11-5-7-13(20(24)25)9-12(11)10-18/h5,7,9,15H,3-4,6,8H2,1-2H3,(H,19,21). The fraction of sp³-hybridized carbons (Fsp3) is 0.412. The van der Waals surface area contributed by atoms with E-state index in [0.717, 1.165) is 6.07 Å². The first-order chi connectivity index (χ1) is 12.8. The Morgan fingerprint density at radius 3 is 2.30 bits per heavy atom. The van der Waals surface area contributed by atoms with Gasteiger partial charge in [0.15, 0.2) is 0 Å². The van der Waals surface area contributed by atoms with Gasteiger partial charge in [-0.1, -0.05) is 6.07 Å². The summed E-state index contributed by atoms with van der Waals surface area (Å²) in [5.74, 6) is -2.50. The van der Waals surface area contributed by atoms with E-state index in [1.54, 1.807) is 13.8 Å². The average Bonchev–Trinajstić information content (AvgIpc) is 2.64. The van der Waals surface area contributed by atoms with Crippen molar-refractivity contribution < 1.29 is 28.8 Å². The van der Waals surface area contributed by atoms with Gasteiger partial charge in [-0.2, -0.15) is 5.26 Å². The maximum atomic E-state index is 12.1. The average molecular weight is 377 g/mol. The highest BCUT2D eigenvalue weighted by atomic mass is 16.6. The first-order valence-corrected chi connectivity index (χ1v) is 8.14. The van der Waals surface area contributed by atoms with Gasteiger partial charge in [0.25, 0.3) is 5.69 Å². The number of carbonyl (C=O) groups excluding carboxylic acids is 3. The van der Waals surface area contributed by atoms with E-state index >= 15 is 0 Å². The SMILES string of the molecule is CCOC(=O)C(NC(=O)CCc1ccc([N+](=O)[O-])cc1C#N)C(=O)OCC. The van der Waals surface area contributed by atoms with Crippen LogP contribution in [0, 0.1) is 21.4 Å². The van der Waals surface area contributed by atoms with Crippen LogP contribution >= 0.6 is 0 Å². The summed E-state index contributed by atoms with van der Waals surface area (Å²) in [5.41, 5.74) is 0.274. The lowest BCUT2D eigenvalue weighted by molar-refractivity contribution is -0.384. The molecular formula is C17H19N3O7. The molecule has 1 aromatic carbocycles. The summed E-state index contributed by atoms with van der Waals surface area (Å²) < 4.78 is 9.49. The van der Waals surface area contributed by atoms with Crippen molar-refractivity contribution in [1.82, 2.24) is 5.32 Å². The fourth-order valence-electron chi connectivity index (χ4n) is 2.15. The van der Waals surface area contributed by atoms with E-state index in [4.69, 9.17) is 14.7 Å². The summed E-state index contributed by atoms with van der Waals surface area (Å²) in [7, 11) is 0. The molecule has 1 amide bonds. The van der Waals surface area contributed by atoms with Crippen LogP contribution in [0.4, 0.5) is 5.69 Å². The maximum Gasteiger partial charge on any atom is 0.340 e. The molecule has 0 heterocycles. The van der Waals surface area contributed by atoms with Crippen LogP contribution in [0.25, 0.3) is 0 Å². The van der Waals surface area contributed by atoms with E-state index in [1.807, 2.05) is 6.07 Å². The number of hydrogen-bond donors (Lipinski definition) is 1. The summed E-state index contributed by atoms with van der Waals surface area (Å²) in [6.07, 6.45) is -0.0626. The van der Waals surface area contributed by atoms with Gasteiger partial charge >= 0.3 is 11.9 Å². The van der Waals surface area contributed by atoms with E-state index in [-0.39, 0.29) is 37.3 Å². The second-order valence-corrected chi connectivity index (χ2v) is 5.21. The van der Waals surface area contributed by atoms with Gasteiger partial charge in [-0.05, 0) is 25.8 Å². The predicted molar refractivity (Wildman–Crippen MR) is 91.3 cm³/mol. The van der Waals surface area contributed by atoms with Gasteiger partial charge in [0.2, 0.25) is 11.9 Å². The molecule has 0 radical (unpaired) electrons. The van der Waals surface area contributed by atoms with Gasteiger partial charge in [0.05, 0.1) is 29.8 Å². The molecule has 144 valence electrons. The van der Waals surface area contributed by atoms with Crippen LogP contribution in [-0.4, -0.2) is 42.0 Å². The third kappa shape index (κ3) is 6.39. The predicted octanol–water partition coefficient (Wildman–Crippen LogP) is 1.01. The molecule has 1 aromatic rings. The number of carbonyl (C=O) groups is 3. The minimum absolute atomic E-state index is 0.0267. The number of nitrogens with one attached hydrogen (secondary N) is 1. The Kier molecular flexibility index (Phi) is 8.38. The molecule has 0 aromatic heterocycles. The number of non-ortho nitro benzene ring substituents is 1. The summed E-state index contributed by atoms with van der Waals surface area (Å²) in [5, 5.41) is 22.1. The number of ether oxygens (including phenoxy) is 2. The molecule has 10 heteroatoms. The Hall–Kier alpha value is -3.48. The number of esters is 2. The van der Waals surface area contributed by atoms with Crippen molar-refractivity contribution in [1.29, 1.82) is 5.26 Å². The Labute approximate surface area is 155 Å². The molecule has 1 N–H and O–H groups in total. The lowest BCUT2D eigenvalue weighted by atomic mass is 10.0. The number of nitro benzene ring substituents is 1. The first kappa shape index (κ1) is 21.6. The number of amides is 1. The van der Waals surface area contributed by atoms with Crippen LogP contribution < -0.4 is 5.32 Å². The summed E-state index contributed by atoms with van der Waals surface area (Å²) >= 11 is 0. The number of aryl methyl sites for hydroxylation is 1. The van der Waals surface area contributed by atoms with Crippen LogP contribution in [0.1, 0.15) is 31.4 Å². The van der Waals surface area contributed by atoms with Crippen molar-refractivity contribution in [3.8, 4) is 6.07 Å². The van der Waals surface area contributed by atoms with Crippen LogP contribution in [-0.2, 0) is 30.3 Å².